The van der Waals surface area contributed by atoms with Crippen LogP contribution in [-0.4, -0.2) is 30.2 Å². The molecule has 1 aliphatic rings. The first-order valence-electron chi connectivity index (χ1n) is 8.14. The standard InChI is InChI=1S/C19H18ClNO5/c1-11(19(23)24)13-2-4-14(5-3-13)21-17(22)10-12-8-15(20)18-16(9-12)25-6-7-26-18/h2-5,8-9,11H,6-7,10H2,1H3,(H,21,22)(H,23,24). The van der Waals surface area contributed by atoms with Gasteiger partial charge in [-0.15, -0.1) is 0 Å². The number of carboxylic acid groups (broad SMARTS) is 1. The first-order valence-corrected chi connectivity index (χ1v) is 8.52. The Labute approximate surface area is 155 Å². The van der Waals surface area contributed by atoms with E-state index in [1.54, 1.807) is 43.3 Å². The Hall–Kier alpha value is -2.73. The second kappa shape index (κ2) is 7.66. The minimum Gasteiger partial charge on any atom is -0.486 e. The summed E-state index contributed by atoms with van der Waals surface area (Å²) in [6.07, 6.45) is 0.129. The molecule has 1 aliphatic heterocycles. The van der Waals surface area contributed by atoms with Crippen LogP contribution in [0.4, 0.5) is 5.69 Å². The fraction of sp³-hybridized carbons (Fsp3) is 0.263. The van der Waals surface area contributed by atoms with Gasteiger partial charge in [0, 0.05) is 5.69 Å². The van der Waals surface area contributed by atoms with Crippen molar-refractivity contribution in [2.45, 2.75) is 19.3 Å². The maximum atomic E-state index is 12.3. The van der Waals surface area contributed by atoms with Crippen molar-refractivity contribution in [2.24, 2.45) is 0 Å². The highest BCUT2D eigenvalue weighted by atomic mass is 35.5. The molecule has 6 nitrogen and oxygen atoms in total. The molecule has 0 aliphatic carbocycles. The lowest BCUT2D eigenvalue weighted by atomic mass is 10.0. The summed E-state index contributed by atoms with van der Waals surface area (Å²) in [6.45, 7) is 2.50. The van der Waals surface area contributed by atoms with Crippen LogP contribution in [0.1, 0.15) is 24.0 Å². The highest BCUT2D eigenvalue weighted by molar-refractivity contribution is 6.32. The van der Waals surface area contributed by atoms with Crippen molar-refractivity contribution in [1.29, 1.82) is 0 Å². The lowest BCUT2D eigenvalue weighted by Crippen LogP contribution is -2.17. The van der Waals surface area contributed by atoms with Crippen molar-refractivity contribution in [3.8, 4) is 11.5 Å². The maximum Gasteiger partial charge on any atom is 0.310 e. The van der Waals surface area contributed by atoms with Crippen LogP contribution in [0.2, 0.25) is 5.02 Å². The Kier molecular flexibility index (Phi) is 5.32. The molecule has 26 heavy (non-hydrogen) atoms. The monoisotopic (exact) mass is 375 g/mol. The van der Waals surface area contributed by atoms with E-state index >= 15 is 0 Å². The highest BCUT2D eigenvalue weighted by Crippen LogP contribution is 2.38. The largest absolute Gasteiger partial charge is 0.486 e. The lowest BCUT2D eigenvalue weighted by molar-refractivity contribution is -0.138. The van der Waals surface area contributed by atoms with Gasteiger partial charge in [0.2, 0.25) is 5.91 Å². The van der Waals surface area contributed by atoms with E-state index in [9.17, 15) is 9.59 Å². The Balaban J connectivity index is 1.66. The molecule has 1 heterocycles. The summed E-state index contributed by atoms with van der Waals surface area (Å²) in [5.41, 5.74) is 1.99. The van der Waals surface area contributed by atoms with E-state index in [-0.39, 0.29) is 12.3 Å². The number of carbonyl (C=O) groups excluding carboxylic acids is 1. The normalized spacial score (nSPS) is 13.8. The van der Waals surface area contributed by atoms with Crippen molar-refractivity contribution in [2.75, 3.05) is 18.5 Å². The Bertz CT molecular complexity index is 835. The third kappa shape index (κ3) is 4.08. The van der Waals surface area contributed by atoms with Gasteiger partial charge in [-0.05, 0) is 42.3 Å². The summed E-state index contributed by atoms with van der Waals surface area (Å²) in [5.74, 6) is -0.655. The van der Waals surface area contributed by atoms with Crippen molar-refractivity contribution >= 4 is 29.2 Å². The molecule has 2 aromatic carbocycles. The molecular formula is C19H18ClNO5. The summed E-state index contributed by atoms with van der Waals surface area (Å²) in [5, 5.41) is 12.2. The van der Waals surface area contributed by atoms with E-state index in [4.69, 9.17) is 26.2 Å². The minimum absolute atomic E-state index is 0.129. The summed E-state index contributed by atoms with van der Waals surface area (Å²) < 4.78 is 11.0. The molecule has 7 heteroatoms. The molecule has 0 fully saturated rings. The van der Waals surface area contributed by atoms with Gasteiger partial charge in [-0.25, -0.2) is 0 Å². The molecular weight excluding hydrogens is 358 g/mol. The van der Waals surface area contributed by atoms with Crippen molar-refractivity contribution < 1.29 is 24.2 Å². The van der Waals surface area contributed by atoms with E-state index in [0.717, 1.165) is 0 Å². The van der Waals surface area contributed by atoms with E-state index in [1.165, 1.54) is 0 Å². The third-order valence-corrected chi connectivity index (χ3v) is 4.37. The topological polar surface area (TPSA) is 84.9 Å². The summed E-state index contributed by atoms with van der Waals surface area (Å²) >= 11 is 6.18. The number of rotatable bonds is 5. The van der Waals surface area contributed by atoms with Crippen LogP contribution in [0.5, 0.6) is 11.5 Å². The number of carboxylic acids is 1. The predicted octanol–water partition coefficient (Wildman–Crippen LogP) is 3.48. The zero-order valence-corrected chi connectivity index (χ0v) is 14.9. The van der Waals surface area contributed by atoms with Crippen LogP contribution in [0, 0.1) is 0 Å². The van der Waals surface area contributed by atoms with Gasteiger partial charge in [0.05, 0.1) is 17.4 Å². The van der Waals surface area contributed by atoms with Gasteiger partial charge in [-0.3, -0.25) is 9.59 Å². The Morgan fingerprint density at radius 2 is 1.88 bits per heavy atom. The average Bonchev–Trinajstić information content (AvgIpc) is 2.61. The molecule has 1 atom stereocenters. The van der Waals surface area contributed by atoms with Gasteiger partial charge in [0.15, 0.2) is 11.5 Å². The van der Waals surface area contributed by atoms with Crippen molar-refractivity contribution in [3.05, 3.63) is 52.5 Å². The first kappa shape index (κ1) is 18.1. The predicted molar refractivity (Wildman–Crippen MR) is 97.3 cm³/mol. The summed E-state index contributed by atoms with van der Waals surface area (Å²) in [4.78, 5) is 23.3. The fourth-order valence-corrected chi connectivity index (χ4v) is 2.94. The van der Waals surface area contributed by atoms with Crippen LogP contribution < -0.4 is 14.8 Å². The summed E-state index contributed by atoms with van der Waals surface area (Å²) in [6, 6.07) is 10.2. The van der Waals surface area contributed by atoms with Crippen molar-refractivity contribution in [3.63, 3.8) is 0 Å². The fourth-order valence-electron chi connectivity index (χ4n) is 2.65. The van der Waals surface area contributed by atoms with Gasteiger partial charge in [0.25, 0.3) is 0 Å². The Morgan fingerprint density at radius 1 is 1.19 bits per heavy atom. The molecule has 136 valence electrons. The van der Waals surface area contributed by atoms with Crippen LogP contribution in [0.3, 0.4) is 0 Å². The average molecular weight is 376 g/mol. The van der Waals surface area contributed by atoms with Crippen LogP contribution >= 0.6 is 11.6 Å². The molecule has 0 radical (unpaired) electrons. The molecule has 0 saturated heterocycles. The van der Waals surface area contributed by atoms with Gasteiger partial charge in [-0.2, -0.15) is 0 Å². The quantitative estimate of drug-likeness (QED) is 0.835. The Morgan fingerprint density at radius 3 is 2.58 bits per heavy atom. The second-order valence-corrected chi connectivity index (χ2v) is 6.42. The molecule has 1 unspecified atom stereocenters. The van der Waals surface area contributed by atoms with E-state index in [2.05, 4.69) is 5.32 Å². The van der Waals surface area contributed by atoms with Gasteiger partial charge in [0.1, 0.15) is 13.2 Å². The van der Waals surface area contributed by atoms with E-state index in [1.807, 2.05) is 0 Å². The van der Waals surface area contributed by atoms with E-state index in [0.29, 0.717) is 46.5 Å². The highest BCUT2D eigenvalue weighted by Gasteiger charge is 2.18. The van der Waals surface area contributed by atoms with Gasteiger partial charge >= 0.3 is 5.97 Å². The molecule has 1 amide bonds. The SMILES string of the molecule is CC(C(=O)O)c1ccc(NC(=O)Cc2cc(Cl)c3c(c2)OCCO3)cc1. The summed E-state index contributed by atoms with van der Waals surface area (Å²) in [7, 11) is 0. The minimum atomic E-state index is -0.891. The number of hydrogen-bond donors (Lipinski definition) is 2. The number of aliphatic carboxylic acids is 1. The molecule has 2 N–H and O–H groups in total. The number of amides is 1. The molecule has 0 saturated carbocycles. The zero-order valence-electron chi connectivity index (χ0n) is 14.1. The van der Waals surface area contributed by atoms with Gasteiger partial charge in [-0.1, -0.05) is 23.7 Å². The maximum absolute atomic E-state index is 12.3. The second-order valence-electron chi connectivity index (χ2n) is 6.01. The smallest absolute Gasteiger partial charge is 0.310 e. The molecule has 3 rings (SSSR count). The number of halogens is 1. The van der Waals surface area contributed by atoms with Gasteiger partial charge < -0.3 is 19.9 Å². The zero-order chi connectivity index (χ0) is 18.7. The number of hydrogen-bond acceptors (Lipinski definition) is 4. The lowest BCUT2D eigenvalue weighted by Gasteiger charge is -2.20. The van der Waals surface area contributed by atoms with Crippen molar-refractivity contribution in [1.82, 2.24) is 0 Å². The van der Waals surface area contributed by atoms with Crippen LogP contribution in [-0.2, 0) is 16.0 Å². The third-order valence-electron chi connectivity index (χ3n) is 4.09. The number of benzene rings is 2. The molecule has 0 bridgehead atoms. The molecule has 0 aromatic heterocycles. The number of anilines is 1. The molecule has 2 aromatic rings. The number of fused-ring (bicyclic) bond motifs is 1. The van der Waals surface area contributed by atoms with E-state index < -0.39 is 11.9 Å². The van der Waals surface area contributed by atoms with Crippen LogP contribution in [0.25, 0.3) is 0 Å². The number of carbonyl (C=O) groups is 2. The van der Waals surface area contributed by atoms with Crippen LogP contribution in [0.15, 0.2) is 36.4 Å². The number of ether oxygens (including phenoxy) is 2. The number of nitrogens with one attached hydrogen (secondary N) is 1. The first-order chi connectivity index (χ1) is 12.4. The molecule has 0 spiro atoms.